The van der Waals surface area contributed by atoms with E-state index in [9.17, 15) is 0 Å². The van der Waals surface area contributed by atoms with E-state index in [-0.39, 0.29) is 0 Å². The molecule has 63 heavy (non-hydrogen) atoms. The van der Waals surface area contributed by atoms with Crippen LogP contribution in [0.1, 0.15) is 44.5 Å². The molecule has 12 rings (SSSR count). The molecule has 0 fully saturated rings. The number of fused-ring (bicyclic) bond motifs is 6. The minimum Gasteiger partial charge on any atom is -0.310 e. The molecule has 0 N–H and O–H groups in total. The number of para-hydroxylation sites is 2. The van der Waals surface area contributed by atoms with Crippen molar-refractivity contribution in [1.82, 2.24) is 0 Å². The maximum absolute atomic E-state index is 2.63. The Hall–Kier alpha value is -8.00. The third kappa shape index (κ3) is 5.43. The fraction of sp³-hybridized carbons (Fsp3) is 0.0323. The van der Waals surface area contributed by atoms with Gasteiger partial charge in [0.15, 0.2) is 0 Å². The van der Waals surface area contributed by atoms with Crippen molar-refractivity contribution in [1.29, 1.82) is 0 Å². The molecule has 0 spiro atoms. The molecule has 1 heteroatoms. The van der Waals surface area contributed by atoms with Gasteiger partial charge in [0, 0.05) is 17.1 Å². The highest BCUT2D eigenvalue weighted by atomic mass is 15.1. The lowest BCUT2D eigenvalue weighted by atomic mass is 9.64. The topological polar surface area (TPSA) is 3.24 Å². The van der Waals surface area contributed by atoms with Crippen LogP contribution in [0, 0.1) is 0 Å². The number of rotatable bonds is 8. The lowest BCUT2D eigenvalue weighted by molar-refractivity contribution is 0.744. The van der Waals surface area contributed by atoms with Gasteiger partial charge in [-0.1, -0.05) is 224 Å². The predicted octanol–water partition coefficient (Wildman–Crippen LogP) is 15.5. The molecule has 2 aliphatic carbocycles. The van der Waals surface area contributed by atoms with Gasteiger partial charge in [0.25, 0.3) is 0 Å². The van der Waals surface area contributed by atoms with Crippen molar-refractivity contribution in [2.45, 2.75) is 10.8 Å². The quantitative estimate of drug-likeness (QED) is 0.148. The van der Waals surface area contributed by atoms with Crippen LogP contribution in [0.15, 0.2) is 261 Å². The van der Waals surface area contributed by atoms with E-state index < -0.39 is 10.8 Å². The number of anilines is 3. The van der Waals surface area contributed by atoms with Gasteiger partial charge in [-0.15, -0.1) is 0 Å². The molecule has 0 aliphatic heterocycles. The molecule has 0 saturated heterocycles. The van der Waals surface area contributed by atoms with Crippen LogP contribution in [-0.4, -0.2) is 0 Å². The third-order valence-electron chi connectivity index (χ3n) is 13.6. The number of nitrogens with zero attached hydrogens (tertiary/aromatic N) is 1. The summed E-state index contributed by atoms with van der Waals surface area (Å²) in [4.78, 5) is 2.40. The Labute approximate surface area is 369 Å². The summed E-state index contributed by atoms with van der Waals surface area (Å²) in [5.41, 5.74) is 19.8. The molecule has 2 aliphatic rings. The Morgan fingerprint density at radius 2 is 0.603 bits per heavy atom. The molecule has 0 heterocycles. The first-order valence-corrected chi connectivity index (χ1v) is 21.9. The molecule has 0 radical (unpaired) electrons. The van der Waals surface area contributed by atoms with E-state index in [1.165, 1.54) is 77.9 Å². The van der Waals surface area contributed by atoms with Crippen molar-refractivity contribution in [2.24, 2.45) is 0 Å². The van der Waals surface area contributed by atoms with Crippen LogP contribution in [-0.2, 0) is 10.8 Å². The van der Waals surface area contributed by atoms with Gasteiger partial charge >= 0.3 is 0 Å². The number of hydrogen-bond donors (Lipinski definition) is 0. The van der Waals surface area contributed by atoms with E-state index in [4.69, 9.17) is 0 Å². The molecular weight excluding hydrogens is 759 g/mol. The van der Waals surface area contributed by atoms with Crippen LogP contribution in [0.4, 0.5) is 17.1 Å². The van der Waals surface area contributed by atoms with Gasteiger partial charge in [-0.05, 0) is 114 Å². The highest BCUT2D eigenvalue weighted by molar-refractivity contribution is 6.07. The molecule has 1 nitrogen and oxygen atoms in total. The summed E-state index contributed by atoms with van der Waals surface area (Å²) >= 11 is 0. The lowest BCUT2D eigenvalue weighted by Crippen LogP contribution is -2.31. The number of hydrogen-bond acceptors (Lipinski definition) is 1. The monoisotopic (exact) mass is 801 g/mol. The lowest BCUT2D eigenvalue weighted by Gasteiger charge is -2.37. The molecule has 0 aromatic heterocycles. The first kappa shape index (κ1) is 36.8. The highest BCUT2D eigenvalue weighted by Gasteiger charge is 2.53. The van der Waals surface area contributed by atoms with E-state index in [0.29, 0.717) is 0 Å². The van der Waals surface area contributed by atoms with Gasteiger partial charge in [-0.2, -0.15) is 0 Å². The second-order valence-corrected chi connectivity index (χ2v) is 16.7. The molecule has 0 bridgehead atoms. The van der Waals surface area contributed by atoms with Crippen LogP contribution in [0.25, 0.3) is 33.4 Å². The maximum atomic E-state index is 2.63. The largest absolute Gasteiger partial charge is 0.310 e. The van der Waals surface area contributed by atoms with Crippen molar-refractivity contribution < 1.29 is 0 Å². The average molecular weight is 802 g/mol. The summed E-state index contributed by atoms with van der Waals surface area (Å²) in [7, 11) is 0. The van der Waals surface area contributed by atoms with Gasteiger partial charge in [0.2, 0.25) is 0 Å². The average Bonchev–Trinajstić information content (AvgIpc) is 3.83. The van der Waals surface area contributed by atoms with Gasteiger partial charge < -0.3 is 4.90 Å². The van der Waals surface area contributed by atoms with E-state index in [2.05, 4.69) is 266 Å². The standard InChI is InChI=1S/C62H43N/c1-8-24-44(25-9-1)58-59-52-38-22-23-39-54(52)61(45-26-10-2-11-27-45,46-28-12-3-13-29-46)56(59)43-57-60(58)53-41-40-51(63(49-34-18-6-19-35-49)50-36-20-7-21-37-50)42-55(53)62(57,47-30-14-4-15-31-47)48-32-16-5-17-33-48/h1-43H. The Morgan fingerprint density at radius 3 is 1.06 bits per heavy atom. The van der Waals surface area contributed by atoms with Crippen molar-refractivity contribution >= 4 is 17.1 Å². The fourth-order valence-corrected chi connectivity index (χ4v) is 11.2. The second-order valence-electron chi connectivity index (χ2n) is 16.7. The summed E-state index contributed by atoms with van der Waals surface area (Å²) < 4.78 is 0. The normalized spacial score (nSPS) is 13.7. The maximum Gasteiger partial charge on any atom is 0.0714 e. The zero-order valence-corrected chi connectivity index (χ0v) is 34.8. The van der Waals surface area contributed by atoms with E-state index in [1.807, 2.05) is 0 Å². The minimum absolute atomic E-state index is 0.594. The third-order valence-corrected chi connectivity index (χ3v) is 13.6. The zero-order chi connectivity index (χ0) is 41.8. The van der Waals surface area contributed by atoms with Crippen LogP contribution >= 0.6 is 0 Å². The van der Waals surface area contributed by atoms with Gasteiger partial charge in [0.1, 0.15) is 0 Å². The molecule has 0 amide bonds. The van der Waals surface area contributed by atoms with Crippen LogP contribution in [0.2, 0.25) is 0 Å². The smallest absolute Gasteiger partial charge is 0.0714 e. The summed E-state index contributed by atoms with van der Waals surface area (Å²) in [6, 6.07) is 96.7. The number of benzene rings is 10. The predicted molar refractivity (Wildman–Crippen MR) is 261 cm³/mol. The summed E-state index contributed by atoms with van der Waals surface area (Å²) in [5, 5.41) is 0. The minimum atomic E-state index is -0.686. The molecular formula is C62H43N. The van der Waals surface area contributed by atoms with Crippen LogP contribution < -0.4 is 4.90 Å². The van der Waals surface area contributed by atoms with E-state index in [1.54, 1.807) is 0 Å². The highest BCUT2D eigenvalue weighted by Crippen LogP contribution is 2.66. The van der Waals surface area contributed by atoms with Crippen molar-refractivity contribution in [2.75, 3.05) is 4.90 Å². The van der Waals surface area contributed by atoms with Crippen molar-refractivity contribution in [3.05, 3.63) is 305 Å². The first-order valence-electron chi connectivity index (χ1n) is 21.9. The second kappa shape index (κ2) is 14.9. The summed E-state index contributed by atoms with van der Waals surface area (Å²) in [5.74, 6) is 0. The molecule has 0 unspecified atom stereocenters. The summed E-state index contributed by atoms with van der Waals surface area (Å²) in [6.45, 7) is 0. The fourth-order valence-electron chi connectivity index (χ4n) is 11.2. The first-order chi connectivity index (χ1) is 31.3. The molecule has 10 aromatic rings. The summed E-state index contributed by atoms with van der Waals surface area (Å²) in [6.07, 6.45) is 0. The van der Waals surface area contributed by atoms with Crippen LogP contribution in [0.5, 0.6) is 0 Å². The van der Waals surface area contributed by atoms with Crippen molar-refractivity contribution in [3.8, 4) is 33.4 Å². The van der Waals surface area contributed by atoms with Gasteiger partial charge in [-0.3, -0.25) is 0 Å². The molecule has 0 saturated carbocycles. The molecule has 0 atom stereocenters. The Morgan fingerprint density at radius 1 is 0.238 bits per heavy atom. The Kier molecular flexibility index (Phi) is 8.69. The van der Waals surface area contributed by atoms with Crippen LogP contribution in [0.3, 0.4) is 0 Å². The molecule has 296 valence electrons. The van der Waals surface area contributed by atoms with E-state index >= 15 is 0 Å². The van der Waals surface area contributed by atoms with Gasteiger partial charge in [0.05, 0.1) is 10.8 Å². The van der Waals surface area contributed by atoms with Gasteiger partial charge in [-0.25, -0.2) is 0 Å². The molecule has 10 aromatic carbocycles. The zero-order valence-electron chi connectivity index (χ0n) is 34.8. The van der Waals surface area contributed by atoms with E-state index in [0.717, 1.165) is 17.1 Å². The van der Waals surface area contributed by atoms with Crippen molar-refractivity contribution in [3.63, 3.8) is 0 Å². The SMILES string of the molecule is c1ccc(-c2c3c(cc4c2-c2ccc(N(c5ccccc5)c5ccccc5)cc2C4(c2ccccc2)c2ccccc2)C(c2ccccc2)(c2ccccc2)c2ccccc2-3)cc1. The Balaban J connectivity index is 1.28. The Bertz CT molecular complexity index is 3120.